The van der Waals surface area contributed by atoms with Gasteiger partial charge in [0, 0.05) is 18.4 Å². The fourth-order valence-corrected chi connectivity index (χ4v) is 1.17. The van der Waals surface area contributed by atoms with Crippen molar-refractivity contribution in [3.63, 3.8) is 0 Å². The van der Waals surface area contributed by atoms with Gasteiger partial charge in [-0.15, -0.1) is 5.92 Å². The fraction of sp³-hybridized carbons (Fsp3) is 0.455. The Morgan fingerprint density at radius 2 is 2.33 bits per heavy atom. The highest BCUT2D eigenvalue weighted by molar-refractivity contribution is 5.32. The van der Waals surface area contributed by atoms with Crippen molar-refractivity contribution in [3.8, 4) is 11.8 Å². The topological polar surface area (TPSA) is 46.9 Å². The monoisotopic (exact) mass is 205 g/mol. The van der Waals surface area contributed by atoms with Crippen LogP contribution in [0.5, 0.6) is 0 Å². The van der Waals surface area contributed by atoms with Crippen LogP contribution in [0.1, 0.15) is 26.8 Å². The first kappa shape index (κ1) is 11.3. The molecule has 0 amide bonds. The molecular weight excluding hydrogens is 190 g/mol. The normalized spacial score (nSPS) is 9.60. The Morgan fingerprint density at radius 1 is 1.60 bits per heavy atom. The van der Waals surface area contributed by atoms with E-state index in [9.17, 15) is 4.79 Å². The zero-order valence-corrected chi connectivity index (χ0v) is 9.24. The van der Waals surface area contributed by atoms with Crippen molar-refractivity contribution in [2.24, 2.45) is 0 Å². The van der Waals surface area contributed by atoms with Gasteiger partial charge in [-0.3, -0.25) is 4.79 Å². The van der Waals surface area contributed by atoms with Gasteiger partial charge < -0.3 is 9.88 Å². The van der Waals surface area contributed by atoms with Crippen molar-refractivity contribution in [3.05, 3.63) is 22.7 Å². The minimum Gasteiger partial charge on any atom is -0.355 e. The predicted molar refractivity (Wildman–Crippen MR) is 60.8 cm³/mol. The first-order valence-electron chi connectivity index (χ1n) is 4.87. The number of aromatic nitrogens is 2. The molecule has 1 aromatic heterocycles. The summed E-state index contributed by atoms with van der Waals surface area (Å²) in [4.78, 5) is 15.8. The Morgan fingerprint density at radius 3 is 2.93 bits per heavy atom. The zero-order valence-electron chi connectivity index (χ0n) is 9.24. The number of nitrogens with zero attached hydrogens (tertiary/aromatic N) is 2. The lowest BCUT2D eigenvalue weighted by molar-refractivity contribution is 0.575. The molecule has 0 fully saturated rings. The van der Waals surface area contributed by atoms with Gasteiger partial charge in [-0.2, -0.15) is 0 Å². The first-order chi connectivity index (χ1) is 7.16. The maximum absolute atomic E-state index is 11.8. The highest BCUT2D eigenvalue weighted by atomic mass is 16.1. The second-order valence-corrected chi connectivity index (χ2v) is 3.36. The van der Waals surface area contributed by atoms with Crippen LogP contribution in [0.4, 0.5) is 5.82 Å². The molecule has 1 heterocycles. The molecule has 0 saturated heterocycles. The molecule has 0 saturated carbocycles. The van der Waals surface area contributed by atoms with Gasteiger partial charge >= 0.3 is 0 Å². The maximum atomic E-state index is 11.8. The van der Waals surface area contributed by atoms with Crippen molar-refractivity contribution >= 4 is 5.82 Å². The average molecular weight is 205 g/mol. The van der Waals surface area contributed by atoms with Gasteiger partial charge in [-0.25, -0.2) is 4.98 Å². The molecule has 1 N–H and O–H groups in total. The molecule has 0 bridgehead atoms. The van der Waals surface area contributed by atoms with E-state index in [4.69, 9.17) is 0 Å². The lowest BCUT2D eigenvalue weighted by atomic mass is 10.4. The van der Waals surface area contributed by atoms with Crippen molar-refractivity contribution in [1.29, 1.82) is 0 Å². The van der Waals surface area contributed by atoms with E-state index >= 15 is 0 Å². The molecule has 1 rings (SSSR count). The lowest BCUT2D eigenvalue weighted by Crippen LogP contribution is -2.25. The summed E-state index contributed by atoms with van der Waals surface area (Å²) in [5, 5.41) is 2.89. The van der Waals surface area contributed by atoms with E-state index < -0.39 is 0 Å². The van der Waals surface area contributed by atoms with Crippen LogP contribution >= 0.6 is 0 Å². The van der Waals surface area contributed by atoms with Crippen molar-refractivity contribution in [2.45, 2.75) is 26.8 Å². The summed E-state index contributed by atoms with van der Waals surface area (Å²) < 4.78 is 1.63. The molecule has 0 atom stereocenters. The number of rotatable bonds is 3. The molecule has 0 spiro atoms. The van der Waals surface area contributed by atoms with Crippen LogP contribution in [-0.2, 0) is 0 Å². The minimum absolute atomic E-state index is 0.106. The third-order valence-corrected chi connectivity index (χ3v) is 1.95. The quantitative estimate of drug-likeness (QED) is 0.756. The zero-order chi connectivity index (χ0) is 11.3. The molecule has 0 aliphatic heterocycles. The molecule has 4 heteroatoms. The minimum atomic E-state index is -0.106. The van der Waals surface area contributed by atoms with E-state index in [-0.39, 0.29) is 11.6 Å². The molecule has 0 aliphatic rings. The molecule has 4 nitrogen and oxygen atoms in total. The van der Waals surface area contributed by atoms with E-state index in [0.29, 0.717) is 12.4 Å². The Bertz CT molecular complexity index is 437. The van der Waals surface area contributed by atoms with Gasteiger partial charge in [0.2, 0.25) is 0 Å². The smallest absolute Gasteiger partial charge is 0.293 e. The van der Waals surface area contributed by atoms with Crippen LogP contribution in [0.15, 0.2) is 17.2 Å². The molecule has 0 aliphatic carbocycles. The molecule has 80 valence electrons. The average Bonchev–Trinajstić information content (AvgIpc) is 2.20. The van der Waals surface area contributed by atoms with Crippen molar-refractivity contribution < 1.29 is 0 Å². The first-order valence-corrected chi connectivity index (χ1v) is 4.87. The molecule has 1 aromatic rings. The van der Waals surface area contributed by atoms with E-state index in [2.05, 4.69) is 22.1 Å². The Kier molecular flexibility index (Phi) is 3.92. The molecule has 0 radical (unpaired) electrons. The fourth-order valence-electron chi connectivity index (χ4n) is 1.17. The molecule has 0 aromatic carbocycles. The highest BCUT2D eigenvalue weighted by Gasteiger charge is 2.05. The Labute approximate surface area is 89.3 Å². The summed E-state index contributed by atoms with van der Waals surface area (Å²) in [6, 6.07) is 0.137. The van der Waals surface area contributed by atoms with Crippen LogP contribution in [0.3, 0.4) is 0 Å². The van der Waals surface area contributed by atoms with E-state index in [1.54, 1.807) is 23.9 Å². The van der Waals surface area contributed by atoms with Gasteiger partial charge in [0.15, 0.2) is 5.82 Å². The van der Waals surface area contributed by atoms with Crippen molar-refractivity contribution in [2.75, 3.05) is 11.9 Å². The van der Waals surface area contributed by atoms with Gasteiger partial charge in [0.25, 0.3) is 5.56 Å². The van der Waals surface area contributed by atoms with E-state index in [1.807, 2.05) is 13.8 Å². The van der Waals surface area contributed by atoms with Gasteiger partial charge in [-0.1, -0.05) is 5.92 Å². The largest absolute Gasteiger partial charge is 0.355 e. The van der Waals surface area contributed by atoms with Crippen LogP contribution in [0.2, 0.25) is 0 Å². The maximum Gasteiger partial charge on any atom is 0.293 e. The van der Waals surface area contributed by atoms with E-state index in [1.165, 1.54) is 0 Å². The molecule has 0 unspecified atom stereocenters. The Hall–Kier alpha value is -1.76. The number of hydrogen-bond donors (Lipinski definition) is 1. The van der Waals surface area contributed by atoms with Crippen LogP contribution in [-0.4, -0.2) is 16.1 Å². The number of nitrogens with one attached hydrogen (secondary N) is 1. The van der Waals surface area contributed by atoms with Crippen LogP contribution < -0.4 is 10.9 Å². The summed E-state index contributed by atoms with van der Waals surface area (Å²) in [5.74, 6) is 5.92. The SMILES string of the molecule is CC#CCNc1nccn(C(C)C)c1=O. The predicted octanol–water partition coefficient (Wildman–Crippen LogP) is 1.26. The van der Waals surface area contributed by atoms with Crippen LogP contribution in [0.25, 0.3) is 0 Å². The van der Waals surface area contributed by atoms with Crippen molar-refractivity contribution in [1.82, 2.24) is 9.55 Å². The van der Waals surface area contributed by atoms with Gasteiger partial charge in [-0.05, 0) is 20.8 Å². The van der Waals surface area contributed by atoms with E-state index in [0.717, 1.165) is 0 Å². The van der Waals surface area contributed by atoms with Gasteiger partial charge in [0.1, 0.15) is 0 Å². The second kappa shape index (κ2) is 5.20. The summed E-state index contributed by atoms with van der Waals surface area (Å²) in [5.41, 5.74) is -0.106. The molecular formula is C11H15N3O. The standard InChI is InChI=1S/C11H15N3O/c1-4-5-6-12-10-11(15)14(9(2)3)8-7-13-10/h7-9H,6H2,1-3H3,(H,12,13). The second-order valence-electron chi connectivity index (χ2n) is 3.36. The lowest BCUT2D eigenvalue weighted by Gasteiger charge is -2.10. The summed E-state index contributed by atoms with van der Waals surface area (Å²) in [6.45, 7) is 6.11. The van der Waals surface area contributed by atoms with Gasteiger partial charge in [0.05, 0.1) is 6.54 Å². The Balaban J connectivity index is 2.93. The summed E-state index contributed by atoms with van der Waals surface area (Å²) in [7, 11) is 0. The number of hydrogen-bond acceptors (Lipinski definition) is 3. The molecule has 15 heavy (non-hydrogen) atoms. The third-order valence-electron chi connectivity index (χ3n) is 1.95. The summed E-state index contributed by atoms with van der Waals surface area (Å²) in [6.07, 6.45) is 3.30. The number of anilines is 1. The highest BCUT2D eigenvalue weighted by Crippen LogP contribution is 2.00. The summed E-state index contributed by atoms with van der Waals surface area (Å²) >= 11 is 0. The third kappa shape index (κ3) is 2.84. The van der Waals surface area contributed by atoms with Crippen LogP contribution in [0, 0.1) is 11.8 Å².